The van der Waals surface area contributed by atoms with Gasteiger partial charge < -0.3 is 14.6 Å². The first kappa shape index (κ1) is 20.6. The van der Waals surface area contributed by atoms with E-state index in [2.05, 4.69) is 48.5 Å². The molecule has 0 saturated heterocycles. The van der Waals surface area contributed by atoms with E-state index in [0.29, 0.717) is 5.92 Å². The summed E-state index contributed by atoms with van der Waals surface area (Å²) in [4.78, 5) is 11.4. The van der Waals surface area contributed by atoms with Crippen molar-refractivity contribution in [3.63, 3.8) is 0 Å². The lowest BCUT2D eigenvalue weighted by molar-refractivity contribution is -0.137. The highest BCUT2D eigenvalue weighted by molar-refractivity contribution is 5.68. The SMILES string of the molecule is COc1cccc(-c2ccc(C3CCc4ccc(C(CC(=O)O)C5CC5)cc4O3)cc2)c1. The van der Waals surface area contributed by atoms with Crippen LogP contribution >= 0.6 is 0 Å². The summed E-state index contributed by atoms with van der Waals surface area (Å²) in [6.45, 7) is 0. The van der Waals surface area contributed by atoms with E-state index >= 15 is 0 Å². The third-order valence-electron chi connectivity index (χ3n) is 6.74. The first-order chi connectivity index (χ1) is 15.6. The van der Waals surface area contributed by atoms with Gasteiger partial charge in [-0.15, -0.1) is 0 Å². The molecule has 1 aliphatic heterocycles. The van der Waals surface area contributed by atoms with Gasteiger partial charge in [-0.2, -0.15) is 0 Å². The maximum Gasteiger partial charge on any atom is 0.303 e. The van der Waals surface area contributed by atoms with E-state index in [-0.39, 0.29) is 18.4 Å². The van der Waals surface area contributed by atoms with Crippen LogP contribution in [0.1, 0.15) is 54.4 Å². The molecule has 0 radical (unpaired) electrons. The molecule has 0 spiro atoms. The molecule has 164 valence electrons. The van der Waals surface area contributed by atoms with Gasteiger partial charge >= 0.3 is 5.97 Å². The topological polar surface area (TPSA) is 55.8 Å². The second-order valence-corrected chi connectivity index (χ2v) is 8.91. The number of aliphatic carboxylic acids is 1. The standard InChI is InChI=1S/C28H28O4/c1-31-24-4-2-3-22(15-24)18-5-9-20(10-6-18)26-14-13-21-11-12-23(16-27(21)32-26)25(17-28(29)30)19-7-8-19/h2-6,9-12,15-16,19,25-26H,7-8,13-14,17H2,1H3,(H,29,30). The quantitative estimate of drug-likeness (QED) is 0.473. The van der Waals surface area contributed by atoms with Crippen molar-refractivity contribution in [3.8, 4) is 22.6 Å². The molecule has 0 bridgehead atoms. The van der Waals surface area contributed by atoms with Gasteiger partial charge in [0, 0.05) is 0 Å². The summed E-state index contributed by atoms with van der Waals surface area (Å²) >= 11 is 0. The van der Waals surface area contributed by atoms with Crippen molar-refractivity contribution in [2.24, 2.45) is 5.92 Å². The molecule has 2 atom stereocenters. The Hall–Kier alpha value is -3.27. The van der Waals surface area contributed by atoms with Crippen LogP contribution in [-0.4, -0.2) is 18.2 Å². The number of carboxylic acids is 1. The minimum Gasteiger partial charge on any atom is -0.497 e. The Bertz CT molecular complexity index is 1110. The van der Waals surface area contributed by atoms with E-state index in [0.717, 1.165) is 59.4 Å². The third kappa shape index (κ3) is 4.36. The highest BCUT2D eigenvalue weighted by atomic mass is 16.5. The smallest absolute Gasteiger partial charge is 0.303 e. The summed E-state index contributed by atoms with van der Waals surface area (Å²) in [5.74, 6) is 1.61. The highest BCUT2D eigenvalue weighted by Crippen LogP contribution is 2.46. The van der Waals surface area contributed by atoms with E-state index in [4.69, 9.17) is 9.47 Å². The Morgan fingerprint density at radius 1 is 1.03 bits per heavy atom. The molecule has 2 unspecified atom stereocenters. The zero-order chi connectivity index (χ0) is 22.1. The number of methoxy groups -OCH3 is 1. The number of hydrogen-bond acceptors (Lipinski definition) is 3. The van der Waals surface area contributed by atoms with Crippen LogP contribution < -0.4 is 9.47 Å². The molecule has 1 heterocycles. The summed E-state index contributed by atoms with van der Waals surface area (Å²) in [6, 6.07) is 23.0. The lowest BCUT2D eigenvalue weighted by Gasteiger charge is -2.28. The van der Waals surface area contributed by atoms with E-state index in [1.165, 1.54) is 5.56 Å². The molecule has 5 rings (SSSR count). The number of ether oxygens (including phenoxy) is 2. The Labute approximate surface area is 188 Å². The van der Waals surface area contributed by atoms with E-state index in [9.17, 15) is 9.90 Å². The lowest BCUT2D eigenvalue weighted by atomic mass is 9.88. The molecule has 1 aliphatic carbocycles. The van der Waals surface area contributed by atoms with Crippen molar-refractivity contribution in [1.29, 1.82) is 0 Å². The van der Waals surface area contributed by atoms with Crippen LogP contribution in [0.4, 0.5) is 0 Å². The van der Waals surface area contributed by atoms with Gasteiger partial charge in [-0.3, -0.25) is 4.79 Å². The normalized spacial score (nSPS) is 18.3. The van der Waals surface area contributed by atoms with Crippen LogP contribution in [-0.2, 0) is 11.2 Å². The molecule has 32 heavy (non-hydrogen) atoms. The van der Waals surface area contributed by atoms with Crippen LogP contribution in [0.15, 0.2) is 66.7 Å². The maximum atomic E-state index is 11.4. The average Bonchev–Trinajstić information content (AvgIpc) is 3.67. The van der Waals surface area contributed by atoms with Crippen LogP contribution in [0.25, 0.3) is 11.1 Å². The summed E-state index contributed by atoms with van der Waals surface area (Å²) in [5.41, 5.74) is 5.75. The number of rotatable bonds is 7. The molecule has 4 nitrogen and oxygen atoms in total. The fraction of sp³-hybridized carbons (Fsp3) is 0.321. The summed E-state index contributed by atoms with van der Waals surface area (Å²) in [6.07, 6.45) is 4.35. The van der Waals surface area contributed by atoms with Crippen molar-refractivity contribution in [2.45, 2.75) is 44.1 Å². The van der Waals surface area contributed by atoms with E-state index < -0.39 is 5.97 Å². The largest absolute Gasteiger partial charge is 0.497 e. The number of benzene rings is 3. The fourth-order valence-electron chi connectivity index (χ4n) is 4.79. The number of fused-ring (bicyclic) bond motifs is 1. The summed E-state index contributed by atoms with van der Waals surface area (Å²) in [7, 11) is 1.68. The monoisotopic (exact) mass is 428 g/mol. The van der Waals surface area contributed by atoms with Crippen molar-refractivity contribution < 1.29 is 19.4 Å². The number of aryl methyl sites for hydroxylation is 1. The molecule has 0 amide bonds. The predicted octanol–water partition coefficient (Wildman–Crippen LogP) is 6.40. The molecule has 1 saturated carbocycles. The molecule has 1 fully saturated rings. The maximum absolute atomic E-state index is 11.4. The number of carbonyl (C=O) groups is 1. The predicted molar refractivity (Wildman–Crippen MR) is 124 cm³/mol. The molecular formula is C28H28O4. The first-order valence-corrected chi connectivity index (χ1v) is 11.4. The number of carboxylic acid groups (broad SMARTS) is 1. The highest BCUT2D eigenvalue weighted by Gasteiger charge is 2.34. The minimum absolute atomic E-state index is 0.0101. The Morgan fingerprint density at radius 2 is 1.84 bits per heavy atom. The molecule has 3 aromatic carbocycles. The van der Waals surface area contributed by atoms with Gasteiger partial charge in [0.25, 0.3) is 0 Å². The van der Waals surface area contributed by atoms with Crippen molar-refractivity contribution in [3.05, 3.63) is 83.4 Å². The molecule has 3 aromatic rings. The Morgan fingerprint density at radius 3 is 2.56 bits per heavy atom. The van der Waals surface area contributed by atoms with Gasteiger partial charge in [-0.25, -0.2) is 0 Å². The molecule has 2 aliphatic rings. The molecule has 1 N–H and O–H groups in total. The minimum atomic E-state index is -0.727. The molecular weight excluding hydrogens is 400 g/mol. The van der Waals surface area contributed by atoms with Crippen LogP contribution in [0.3, 0.4) is 0 Å². The molecule has 0 aromatic heterocycles. The van der Waals surface area contributed by atoms with Crippen molar-refractivity contribution in [1.82, 2.24) is 0 Å². The van der Waals surface area contributed by atoms with E-state index in [1.54, 1.807) is 7.11 Å². The average molecular weight is 429 g/mol. The fourth-order valence-corrected chi connectivity index (χ4v) is 4.79. The Kier molecular flexibility index (Phi) is 5.60. The van der Waals surface area contributed by atoms with Crippen molar-refractivity contribution >= 4 is 5.97 Å². The number of hydrogen-bond donors (Lipinski definition) is 1. The first-order valence-electron chi connectivity index (χ1n) is 11.4. The third-order valence-corrected chi connectivity index (χ3v) is 6.74. The van der Waals surface area contributed by atoms with Gasteiger partial charge in [-0.1, -0.05) is 48.5 Å². The van der Waals surface area contributed by atoms with Gasteiger partial charge in [0.1, 0.15) is 17.6 Å². The van der Waals surface area contributed by atoms with Gasteiger partial charge in [0.15, 0.2) is 0 Å². The van der Waals surface area contributed by atoms with Crippen LogP contribution in [0, 0.1) is 5.92 Å². The van der Waals surface area contributed by atoms with Gasteiger partial charge in [-0.05, 0) is 83.5 Å². The van der Waals surface area contributed by atoms with E-state index in [1.807, 2.05) is 18.2 Å². The second kappa shape index (κ2) is 8.70. The summed E-state index contributed by atoms with van der Waals surface area (Å²) < 4.78 is 11.8. The molecule has 4 heteroatoms. The van der Waals surface area contributed by atoms with Gasteiger partial charge in [0.2, 0.25) is 0 Å². The zero-order valence-electron chi connectivity index (χ0n) is 18.3. The van der Waals surface area contributed by atoms with Gasteiger partial charge in [0.05, 0.1) is 13.5 Å². The summed E-state index contributed by atoms with van der Waals surface area (Å²) in [5, 5.41) is 9.35. The van der Waals surface area contributed by atoms with Crippen LogP contribution in [0.5, 0.6) is 11.5 Å². The second-order valence-electron chi connectivity index (χ2n) is 8.91. The Balaban J connectivity index is 1.35. The van der Waals surface area contributed by atoms with Crippen molar-refractivity contribution in [2.75, 3.05) is 7.11 Å². The lowest BCUT2D eigenvalue weighted by Crippen LogP contribution is -2.16. The van der Waals surface area contributed by atoms with Crippen LogP contribution in [0.2, 0.25) is 0 Å². The zero-order valence-corrected chi connectivity index (χ0v) is 18.3.